The lowest BCUT2D eigenvalue weighted by atomic mass is 9.89. The average molecular weight is 567 g/mol. The molecule has 0 aromatic heterocycles. The quantitative estimate of drug-likeness (QED) is 0.352. The van der Waals surface area contributed by atoms with Crippen molar-refractivity contribution in [3.63, 3.8) is 0 Å². The number of alkyl halides is 3. The number of halogens is 5. The van der Waals surface area contributed by atoms with Crippen molar-refractivity contribution in [2.45, 2.75) is 43.3 Å². The number of piperidine rings is 1. The van der Waals surface area contributed by atoms with Crippen molar-refractivity contribution in [3.05, 3.63) is 94.6 Å². The van der Waals surface area contributed by atoms with Gasteiger partial charge in [0.2, 0.25) is 0 Å². The van der Waals surface area contributed by atoms with Gasteiger partial charge in [0, 0.05) is 31.1 Å². The first-order chi connectivity index (χ1) is 18.4. The Morgan fingerprint density at radius 1 is 1.00 bits per heavy atom. The van der Waals surface area contributed by atoms with Gasteiger partial charge in [-0.2, -0.15) is 13.2 Å². The van der Waals surface area contributed by atoms with E-state index in [4.69, 9.17) is 0 Å². The van der Waals surface area contributed by atoms with E-state index in [0.29, 0.717) is 30.5 Å². The fourth-order valence-corrected chi connectivity index (χ4v) is 5.55. The van der Waals surface area contributed by atoms with Crippen molar-refractivity contribution in [1.29, 1.82) is 0 Å². The Morgan fingerprint density at radius 3 is 2.18 bits per heavy atom. The highest BCUT2D eigenvalue weighted by Gasteiger charge is 2.31. The molecule has 3 aromatic carbocycles. The first kappa shape index (κ1) is 28.5. The number of amides is 1. The largest absolute Gasteiger partial charge is 0.416 e. The molecule has 5 nitrogen and oxygen atoms in total. The number of carbonyl (C=O) groups is 1. The maximum atomic E-state index is 15.1. The fourth-order valence-electron chi connectivity index (χ4n) is 4.66. The zero-order valence-electron chi connectivity index (χ0n) is 21.1. The number of benzene rings is 3. The molecule has 1 unspecified atom stereocenters. The van der Waals surface area contributed by atoms with Gasteiger partial charge in [-0.3, -0.25) is 4.79 Å². The molecule has 1 fully saturated rings. The zero-order chi connectivity index (χ0) is 28.4. The number of hydrogen-bond acceptors (Lipinski definition) is 4. The highest BCUT2D eigenvalue weighted by molar-refractivity contribution is 7.91. The third-order valence-electron chi connectivity index (χ3n) is 6.84. The van der Waals surface area contributed by atoms with Crippen molar-refractivity contribution in [3.8, 4) is 0 Å². The molecule has 1 N–H and O–H groups in total. The molecule has 1 atom stereocenters. The van der Waals surface area contributed by atoms with Gasteiger partial charge in [-0.1, -0.05) is 31.2 Å². The lowest BCUT2D eigenvalue weighted by Crippen LogP contribution is -2.35. The van der Waals surface area contributed by atoms with E-state index in [1.165, 1.54) is 36.1 Å². The minimum atomic E-state index is -4.44. The van der Waals surface area contributed by atoms with Crippen molar-refractivity contribution in [2.75, 3.05) is 23.7 Å². The number of nitrogens with one attached hydrogen (secondary N) is 1. The monoisotopic (exact) mass is 566 g/mol. The highest BCUT2D eigenvalue weighted by Crippen LogP contribution is 2.35. The smallest absolute Gasteiger partial charge is 0.366 e. The Hall–Kier alpha value is -3.47. The molecule has 0 aliphatic carbocycles. The lowest BCUT2D eigenvalue weighted by molar-refractivity contribution is -0.137. The summed E-state index contributed by atoms with van der Waals surface area (Å²) in [5.74, 6) is -2.78. The van der Waals surface area contributed by atoms with Crippen LogP contribution in [0.25, 0.3) is 0 Å². The molecule has 4 rings (SSSR count). The van der Waals surface area contributed by atoms with Gasteiger partial charge in [0.1, 0.15) is 17.3 Å². The van der Waals surface area contributed by atoms with E-state index in [1.807, 2.05) is 0 Å². The van der Waals surface area contributed by atoms with Gasteiger partial charge in [0.05, 0.1) is 16.2 Å². The van der Waals surface area contributed by atoms with Gasteiger partial charge in [-0.15, -0.1) is 0 Å². The lowest BCUT2D eigenvalue weighted by Gasteiger charge is -2.35. The molecular weight excluding hydrogens is 539 g/mol. The van der Waals surface area contributed by atoms with E-state index >= 15 is 8.78 Å². The fraction of sp³-hybridized carbons (Fsp3) is 0.321. The van der Waals surface area contributed by atoms with Crippen LogP contribution in [0.4, 0.5) is 27.6 Å². The first-order valence-corrected chi connectivity index (χ1v) is 14.1. The van der Waals surface area contributed by atoms with Crippen LogP contribution in [0.2, 0.25) is 0 Å². The van der Waals surface area contributed by atoms with E-state index < -0.39 is 39.1 Å². The normalized spacial score (nSPS) is 16.3. The highest BCUT2D eigenvalue weighted by atomic mass is 32.2. The van der Waals surface area contributed by atoms with Gasteiger partial charge >= 0.3 is 6.18 Å². The molecule has 1 aliphatic heterocycles. The molecule has 1 saturated heterocycles. The van der Waals surface area contributed by atoms with E-state index in [9.17, 15) is 26.4 Å². The maximum Gasteiger partial charge on any atom is 0.416 e. The van der Waals surface area contributed by atoms with E-state index in [1.54, 1.807) is 12.1 Å². The van der Waals surface area contributed by atoms with E-state index in [2.05, 4.69) is 5.32 Å². The average Bonchev–Trinajstić information content (AvgIpc) is 2.91. The summed E-state index contributed by atoms with van der Waals surface area (Å²) < 4.78 is 92.7. The predicted molar refractivity (Wildman–Crippen MR) is 137 cm³/mol. The maximum absolute atomic E-state index is 15.1. The van der Waals surface area contributed by atoms with Crippen molar-refractivity contribution in [1.82, 2.24) is 5.32 Å². The second-order valence-electron chi connectivity index (χ2n) is 9.42. The topological polar surface area (TPSA) is 66.5 Å². The molecule has 0 bridgehead atoms. The molecule has 3 aromatic rings. The number of anilines is 1. The Kier molecular flexibility index (Phi) is 8.29. The van der Waals surface area contributed by atoms with Gasteiger partial charge in [0.25, 0.3) is 5.91 Å². The van der Waals surface area contributed by atoms with Crippen LogP contribution in [-0.4, -0.2) is 33.2 Å². The van der Waals surface area contributed by atoms with Crippen molar-refractivity contribution < 1.29 is 35.2 Å². The third kappa shape index (κ3) is 6.58. The van der Waals surface area contributed by atoms with Gasteiger partial charge in [-0.05, 0) is 60.4 Å². The van der Waals surface area contributed by atoms with Crippen LogP contribution in [0.3, 0.4) is 0 Å². The minimum absolute atomic E-state index is 0.0250. The SMILES string of the molecule is CCS(=O)(=O)c1ccc(CNC(=O)c2cc(F)c(N3CCCC(c4ccc(C(F)(F)F)cc4)C3)c(F)c2)cc1. The van der Waals surface area contributed by atoms with Crippen LogP contribution in [0.5, 0.6) is 0 Å². The summed E-state index contributed by atoms with van der Waals surface area (Å²) in [5, 5.41) is 2.57. The molecule has 1 amide bonds. The first-order valence-electron chi connectivity index (χ1n) is 12.4. The van der Waals surface area contributed by atoms with Crippen LogP contribution in [-0.2, 0) is 22.6 Å². The van der Waals surface area contributed by atoms with Crippen LogP contribution in [0.1, 0.15) is 52.7 Å². The van der Waals surface area contributed by atoms with Crippen LogP contribution in [0.15, 0.2) is 65.6 Å². The predicted octanol–water partition coefficient (Wildman–Crippen LogP) is 6.09. The second kappa shape index (κ2) is 11.3. The summed E-state index contributed by atoms with van der Waals surface area (Å²) in [6.45, 7) is 2.14. The Bertz CT molecular complexity index is 1420. The number of sulfone groups is 1. The summed E-state index contributed by atoms with van der Waals surface area (Å²) in [6, 6.07) is 12.7. The summed E-state index contributed by atoms with van der Waals surface area (Å²) >= 11 is 0. The van der Waals surface area contributed by atoms with E-state index in [-0.39, 0.29) is 40.9 Å². The van der Waals surface area contributed by atoms with Gasteiger partial charge in [-0.25, -0.2) is 17.2 Å². The second-order valence-corrected chi connectivity index (χ2v) is 11.7. The van der Waals surface area contributed by atoms with Gasteiger partial charge in [0.15, 0.2) is 9.84 Å². The summed E-state index contributed by atoms with van der Waals surface area (Å²) in [7, 11) is -3.35. The molecule has 208 valence electrons. The molecule has 39 heavy (non-hydrogen) atoms. The molecule has 11 heteroatoms. The zero-order valence-corrected chi connectivity index (χ0v) is 21.9. The van der Waals surface area contributed by atoms with Crippen molar-refractivity contribution in [2.24, 2.45) is 0 Å². The standard InChI is InChI=1S/C28H27F5N2O3S/c1-2-39(37,38)23-11-5-18(6-12-23)16-34-27(36)21-14-24(29)26(25(30)15-21)35-13-3-4-20(17-35)19-7-9-22(10-8-19)28(31,32)33/h5-12,14-15,20H,2-4,13,16-17H2,1H3,(H,34,36). The molecular formula is C28H27F5N2O3S. The number of hydrogen-bond donors (Lipinski definition) is 1. The number of nitrogens with zero attached hydrogens (tertiary/aromatic N) is 1. The van der Waals surface area contributed by atoms with Gasteiger partial charge < -0.3 is 10.2 Å². The summed E-state index contributed by atoms with van der Waals surface area (Å²) in [6.07, 6.45) is -3.19. The summed E-state index contributed by atoms with van der Waals surface area (Å²) in [4.78, 5) is 14.3. The Labute approximate surface area is 223 Å². The molecule has 0 saturated carbocycles. The molecule has 0 radical (unpaired) electrons. The molecule has 0 spiro atoms. The number of rotatable bonds is 7. The van der Waals surface area contributed by atoms with Crippen molar-refractivity contribution >= 4 is 21.4 Å². The number of carbonyl (C=O) groups excluding carboxylic acids is 1. The van der Waals surface area contributed by atoms with Crippen LogP contribution < -0.4 is 10.2 Å². The van der Waals surface area contributed by atoms with E-state index in [0.717, 1.165) is 24.3 Å². The Morgan fingerprint density at radius 2 is 1.62 bits per heavy atom. The molecule has 1 heterocycles. The third-order valence-corrected chi connectivity index (χ3v) is 8.59. The Balaban J connectivity index is 1.43. The van der Waals surface area contributed by atoms with Crippen LogP contribution >= 0.6 is 0 Å². The minimum Gasteiger partial charge on any atom is -0.366 e. The summed E-state index contributed by atoms with van der Waals surface area (Å²) in [5.41, 5.74) is 0.0147. The molecule has 1 aliphatic rings. The van der Waals surface area contributed by atoms with Crippen LogP contribution in [0, 0.1) is 11.6 Å².